The summed E-state index contributed by atoms with van der Waals surface area (Å²) in [7, 11) is -3.47. The Balaban J connectivity index is 0.739. The van der Waals surface area contributed by atoms with Gasteiger partial charge in [0.25, 0.3) is 10.1 Å². The van der Waals surface area contributed by atoms with Crippen LogP contribution < -0.4 is 28.4 Å². The van der Waals surface area contributed by atoms with Crippen LogP contribution in [-0.4, -0.2) is 59.4 Å². The zero-order valence-electron chi connectivity index (χ0n) is 28.3. The zero-order valence-corrected chi connectivity index (χ0v) is 30.7. The molecule has 0 bridgehead atoms. The van der Waals surface area contributed by atoms with Crippen LogP contribution in [0, 0.1) is 0 Å². The predicted molar refractivity (Wildman–Crippen MR) is 196 cm³/mol. The van der Waals surface area contributed by atoms with E-state index < -0.39 is 10.1 Å². The maximum atomic E-state index is 12.3. The van der Waals surface area contributed by atoms with Gasteiger partial charge in [-0.3, -0.25) is 4.18 Å². The van der Waals surface area contributed by atoms with Crippen molar-refractivity contribution >= 4 is 32.8 Å². The molecule has 0 fully saturated rings. The summed E-state index contributed by atoms with van der Waals surface area (Å²) in [5, 5.41) is 7.77. The van der Waals surface area contributed by atoms with Gasteiger partial charge in [0.05, 0.1) is 12.4 Å². The summed E-state index contributed by atoms with van der Waals surface area (Å²) >= 11 is 3.13. The highest BCUT2D eigenvalue weighted by Gasteiger charge is 2.23. The Labute approximate surface area is 303 Å². The van der Waals surface area contributed by atoms with Crippen molar-refractivity contribution in [1.29, 1.82) is 0 Å². The van der Waals surface area contributed by atoms with Crippen LogP contribution >= 0.6 is 22.7 Å². The fraction of sp³-hybridized carbons (Fsp3) is 0.474. The first-order valence-corrected chi connectivity index (χ1v) is 21.0. The van der Waals surface area contributed by atoms with Gasteiger partial charge in [-0.2, -0.15) is 8.42 Å². The number of fused-ring (bicyclic) bond motifs is 2. The molecule has 2 aromatic carbocycles. The van der Waals surface area contributed by atoms with Crippen molar-refractivity contribution in [2.75, 3.05) is 38.8 Å². The van der Waals surface area contributed by atoms with E-state index in [1.54, 1.807) is 22.7 Å². The lowest BCUT2D eigenvalue weighted by molar-refractivity contribution is 0.0546. The summed E-state index contributed by atoms with van der Waals surface area (Å²) < 4.78 is 64.9. The monoisotopic (exact) mass is 742 g/mol. The molecule has 2 aliphatic rings. The molecule has 2 aliphatic heterocycles. The summed E-state index contributed by atoms with van der Waals surface area (Å²) in [5.74, 6) is 4.90. The maximum absolute atomic E-state index is 12.3. The number of ether oxygens (including phenoxy) is 6. The molecule has 9 nitrogen and oxygen atoms in total. The molecule has 12 heteroatoms. The topological polar surface area (TPSA) is 98.8 Å². The Morgan fingerprint density at radius 1 is 0.580 bits per heavy atom. The highest BCUT2D eigenvalue weighted by atomic mass is 32.2. The van der Waals surface area contributed by atoms with E-state index in [4.69, 9.17) is 32.6 Å². The van der Waals surface area contributed by atoms with E-state index in [-0.39, 0.29) is 24.6 Å². The van der Waals surface area contributed by atoms with E-state index in [0.29, 0.717) is 32.8 Å². The molecule has 270 valence electrons. The third kappa shape index (κ3) is 11.5. The Morgan fingerprint density at radius 3 is 1.56 bits per heavy atom. The quantitative estimate of drug-likeness (QED) is 0.0615. The minimum absolute atomic E-state index is 0.0825. The van der Waals surface area contributed by atoms with Crippen molar-refractivity contribution in [3.8, 4) is 34.5 Å². The Morgan fingerprint density at radius 2 is 1.04 bits per heavy atom. The Bertz CT molecular complexity index is 1680. The molecule has 4 heterocycles. The van der Waals surface area contributed by atoms with E-state index >= 15 is 0 Å². The number of aryl methyl sites for hydroxylation is 2. The summed E-state index contributed by atoms with van der Waals surface area (Å²) in [6, 6.07) is 16.3. The van der Waals surface area contributed by atoms with Crippen LogP contribution in [0.4, 0.5) is 0 Å². The minimum Gasteiger partial charge on any atom is -0.490 e. The van der Waals surface area contributed by atoms with E-state index in [1.165, 1.54) is 11.1 Å². The molecule has 0 N–H and O–H groups in total. The molecular weight excluding hydrogens is 697 g/mol. The lowest BCUT2D eigenvalue weighted by atomic mass is 10.1. The molecule has 2 unspecified atom stereocenters. The average molecular weight is 743 g/mol. The maximum Gasteiger partial charge on any atom is 0.267 e. The predicted octanol–water partition coefficient (Wildman–Crippen LogP) is 8.50. The number of hydrogen-bond acceptors (Lipinski definition) is 11. The minimum atomic E-state index is -3.47. The molecule has 0 radical (unpaired) electrons. The molecular formula is C38H46O9S3. The number of thiophene rings is 2. The van der Waals surface area contributed by atoms with E-state index in [2.05, 4.69) is 24.3 Å². The van der Waals surface area contributed by atoms with Crippen LogP contribution in [0.25, 0.3) is 0 Å². The van der Waals surface area contributed by atoms with Crippen molar-refractivity contribution in [2.24, 2.45) is 0 Å². The van der Waals surface area contributed by atoms with Crippen molar-refractivity contribution in [1.82, 2.24) is 0 Å². The standard InChI is InChI=1S/C38H46O9S3/c39-50(40,20-8-4-2-6-10-30-13-17-32(18-14-30)42-22-34-24-44-36-26-49-28-38(36)47-34)45-19-7-3-1-5-9-29-11-15-31(16-12-29)41-21-33-23-43-35-25-48-27-37(35)46-33/h11-18,25-28,33-34H,1-10,19-24H2. The van der Waals surface area contributed by atoms with Gasteiger partial charge >= 0.3 is 0 Å². The summed E-state index contributed by atoms with van der Waals surface area (Å²) in [6.07, 6.45) is 8.93. The van der Waals surface area contributed by atoms with Crippen LogP contribution in [0.2, 0.25) is 0 Å². The molecule has 50 heavy (non-hydrogen) atoms. The molecule has 0 saturated carbocycles. The first-order valence-electron chi connectivity index (χ1n) is 17.5. The van der Waals surface area contributed by atoms with Crippen LogP contribution in [0.3, 0.4) is 0 Å². The third-order valence-electron chi connectivity index (χ3n) is 8.57. The van der Waals surface area contributed by atoms with E-state index in [0.717, 1.165) is 92.3 Å². The molecule has 0 spiro atoms. The molecule has 0 saturated heterocycles. The van der Waals surface area contributed by atoms with Gasteiger partial charge in [0, 0.05) is 21.5 Å². The smallest absolute Gasteiger partial charge is 0.267 e. The lowest BCUT2D eigenvalue weighted by Gasteiger charge is -2.24. The Kier molecular flexibility index (Phi) is 13.6. The summed E-state index contributed by atoms with van der Waals surface area (Å²) in [4.78, 5) is 0. The van der Waals surface area contributed by atoms with Gasteiger partial charge < -0.3 is 28.4 Å². The fourth-order valence-corrected chi connectivity index (χ4v) is 8.15. The zero-order chi connectivity index (χ0) is 34.4. The first-order chi connectivity index (χ1) is 24.5. The van der Waals surface area contributed by atoms with E-state index in [9.17, 15) is 8.42 Å². The molecule has 4 aromatic rings. The fourth-order valence-electron chi connectivity index (χ4n) is 5.76. The van der Waals surface area contributed by atoms with Crippen LogP contribution in [0.1, 0.15) is 62.5 Å². The largest absolute Gasteiger partial charge is 0.490 e. The van der Waals surface area contributed by atoms with Gasteiger partial charge in [-0.25, -0.2) is 0 Å². The van der Waals surface area contributed by atoms with Crippen LogP contribution in [-0.2, 0) is 27.1 Å². The van der Waals surface area contributed by atoms with Crippen molar-refractivity contribution in [3.63, 3.8) is 0 Å². The molecule has 0 aliphatic carbocycles. The van der Waals surface area contributed by atoms with Gasteiger partial charge in [0.15, 0.2) is 35.2 Å². The normalized spacial score (nSPS) is 16.6. The van der Waals surface area contributed by atoms with Crippen molar-refractivity contribution < 1.29 is 41.0 Å². The van der Waals surface area contributed by atoms with E-state index in [1.807, 2.05) is 45.8 Å². The second kappa shape index (κ2) is 18.7. The van der Waals surface area contributed by atoms with Gasteiger partial charge in [0.2, 0.25) is 0 Å². The van der Waals surface area contributed by atoms with Gasteiger partial charge in [0.1, 0.15) is 37.9 Å². The summed E-state index contributed by atoms with van der Waals surface area (Å²) in [6.45, 7) is 2.10. The number of benzene rings is 2. The second-order valence-corrected chi connectivity index (χ2v) is 15.9. The molecule has 2 aromatic heterocycles. The van der Waals surface area contributed by atoms with Crippen molar-refractivity contribution in [2.45, 2.75) is 76.4 Å². The highest BCUT2D eigenvalue weighted by molar-refractivity contribution is 7.86. The second-order valence-electron chi connectivity index (χ2n) is 12.6. The summed E-state index contributed by atoms with van der Waals surface area (Å²) in [5.41, 5.74) is 2.50. The Hall–Kier alpha value is -3.45. The van der Waals surface area contributed by atoms with Gasteiger partial charge in [-0.05, 0) is 73.9 Å². The van der Waals surface area contributed by atoms with Crippen molar-refractivity contribution in [3.05, 3.63) is 81.2 Å². The molecule has 0 amide bonds. The third-order valence-corrected chi connectivity index (χ3v) is 11.3. The number of unbranched alkanes of at least 4 members (excludes halogenated alkanes) is 6. The SMILES string of the molecule is O=S(=O)(CCCCCCc1ccc(OCC2COc3cscc3O2)cc1)OCCCCCCc1ccc(OCC2COc3cscc3O2)cc1. The molecule has 6 rings (SSSR count). The average Bonchev–Trinajstić information content (AvgIpc) is 3.81. The molecule has 2 atom stereocenters. The number of rotatable bonds is 21. The van der Waals surface area contributed by atoms with Crippen LogP contribution in [0.5, 0.6) is 34.5 Å². The van der Waals surface area contributed by atoms with Crippen LogP contribution in [0.15, 0.2) is 70.1 Å². The highest BCUT2D eigenvalue weighted by Crippen LogP contribution is 2.36. The first kappa shape index (κ1) is 36.3. The number of hydrogen-bond donors (Lipinski definition) is 0. The van der Waals surface area contributed by atoms with Gasteiger partial charge in [-0.15, -0.1) is 22.7 Å². The lowest BCUT2D eigenvalue weighted by Crippen LogP contribution is -2.34. The van der Waals surface area contributed by atoms with Gasteiger partial charge in [-0.1, -0.05) is 49.9 Å².